The van der Waals surface area contributed by atoms with E-state index in [-0.39, 0.29) is 4.90 Å². The van der Waals surface area contributed by atoms with Crippen LogP contribution in [0.25, 0.3) is 0 Å². The van der Waals surface area contributed by atoms with Gasteiger partial charge < -0.3 is 10.1 Å². The Morgan fingerprint density at radius 2 is 1.60 bits per heavy atom. The van der Waals surface area contributed by atoms with Gasteiger partial charge in [-0.1, -0.05) is 46.3 Å². The molecule has 0 unspecified atom stereocenters. The Hall–Kier alpha value is -2.68. The van der Waals surface area contributed by atoms with Crippen LogP contribution in [0, 0.1) is 0 Å². The SMILES string of the molecule is C[C@H](NS(=O)(=O)c1ccc(Br)cc1)C(=O)Nc1ccc(OCc2ccccc2)cc1. The van der Waals surface area contributed by atoms with Crippen molar-refractivity contribution in [3.05, 3.63) is 88.9 Å². The van der Waals surface area contributed by atoms with Gasteiger partial charge in [-0.05, 0) is 61.0 Å². The van der Waals surface area contributed by atoms with Crippen molar-refractivity contribution in [2.24, 2.45) is 0 Å². The topological polar surface area (TPSA) is 84.5 Å². The first-order valence-electron chi connectivity index (χ1n) is 9.19. The van der Waals surface area contributed by atoms with Crippen LogP contribution in [0.5, 0.6) is 5.75 Å². The molecule has 0 aliphatic carbocycles. The number of benzene rings is 3. The van der Waals surface area contributed by atoms with Gasteiger partial charge in [0.1, 0.15) is 12.4 Å². The van der Waals surface area contributed by atoms with Gasteiger partial charge in [-0.2, -0.15) is 4.72 Å². The van der Waals surface area contributed by atoms with Crippen LogP contribution < -0.4 is 14.8 Å². The van der Waals surface area contributed by atoms with Gasteiger partial charge in [0.15, 0.2) is 0 Å². The second-order valence-corrected chi connectivity index (χ2v) is 9.21. The number of amides is 1. The number of carbonyl (C=O) groups excluding carboxylic acids is 1. The van der Waals surface area contributed by atoms with Gasteiger partial charge >= 0.3 is 0 Å². The minimum Gasteiger partial charge on any atom is -0.489 e. The minimum atomic E-state index is -3.81. The molecule has 1 amide bonds. The number of carbonyl (C=O) groups is 1. The highest BCUT2D eigenvalue weighted by atomic mass is 79.9. The zero-order valence-electron chi connectivity index (χ0n) is 16.2. The molecule has 0 heterocycles. The van der Waals surface area contributed by atoms with Crippen molar-refractivity contribution in [1.29, 1.82) is 0 Å². The summed E-state index contributed by atoms with van der Waals surface area (Å²) in [7, 11) is -3.81. The van der Waals surface area contributed by atoms with Gasteiger partial charge in [0.2, 0.25) is 15.9 Å². The van der Waals surface area contributed by atoms with Crippen LogP contribution in [-0.4, -0.2) is 20.4 Å². The number of nitrogens with one attached hydrogen (secondary N) is 2. The van der Waals surface area contributed by atoms with Crippen LogP contribution in [0.3, 0.4) is 0 Å². The van der Waals surface area contributed by atoms with Gasteiger partial charge in [0.25, 0.3) is 0 Å². The molecule has 6 nitrogen and oxygen atoms in total. The summed E-state index contributed by atoms with van der Waals surface area (Å²) < 4.78 is 33.7. The quantitative estimate of drug-likeness (QED) is 0.493. The standard InChI is InChI=1S/C22H21BrN2O4S/c1-16(25-30(27,28)21-13-7-18(23)8-14-21)22(26)24-19-9-11-20(12-10-19)29-15-17-5-3-2-4-6-17/h2-14,16,25H,15H2,1H3,(H,24,26)/t16-/m0/s1. The highest BCUT2D eigenvalue weighted by molar-refractivity contribution is 9.10. The summed E-state index contributed by atoms with van der Waals surface area (Å²) in [6.45, 7) is 1.94. The number of hydrogen-bond donors (Lipinski definition) is 2. The van der Waals surface area contributed by atoms with E-state index >= 15 is 0 Å². The Labute approximate surface area is 184 Å². The molecule has 0 saturated heterocycles. The molecule has 1 atom stereocenters. The molecule has 2 N–H and O–H groups in total. The Bertz CT molecular complexity index is 1090. The predicted octanol–water partition coefficient (Wildman–Crippen LogP) is 4.33. The van der Waals surface area contributed by atoms with Crippen molar-refractivity contribution in [3.8, 4) is 5.75 Å². The van der Waals surface area contributed by atoms with Gasteiger partial charge in [-0.25, -0.2) is 8.42 Å². The molecule has 8 heteroatoms. The van der Waals surface area contributed by atoms with E-state index in [4.69, 9.17) is 4.74 Å². The molecule has 0 aliphatic heterocycles. The van der Waals surface area contributed by atoms with E-state index in [1.54, 1.807) is 36.4 Å². The smallest absolute Gasteiger partial charge is 0.242 e. The van der Waals surface area contributed by atoms with Crippen molar-refractivity contribution >= 4 is 37.5 Å². The first-order valence-corrected chi connectivity index (χ1v) is 11.5. The average Bonchev–Trinajstić information content (AvgIpc) is 2.74. The third-order valence-corrected chi connectivity index (χ3v) is 6.30. The third-order valence-electron chi connectivity index (χ3n) is 4.22. The summed E-state index contributed by atoms with van der Waals surface area (Å²) in [5.74, 6) is 0.203. The van der Waals surface area contributed by atoms with Crippen LogP contribution in [0.2, 0.25) is 0 Å². The summed E-state index contributed by atoms with van der Waals surface area (Å²) in [4.78, 5) is 12.5. The second kappa shape index (κ2) is 9.88. The molecule has 0 spiro atoms. The summed E-state index contributed by atoms with van der Waals surface area (Å²) in [5, 5.41) is 2.70. The molecule has 0 fully saturated rings. The second-order valence-electron chi connectivity index (χ2n) is 6.58. The summed E-state index contributed by atoms with van der Waals surface area (Å²) >= 11 is 3.26. The van der Waals surface area contributed by atoms with Crippen LogP contribution in [0.1, 0.15) is 12.5 Å². The average molecular weight is 489 g/mol. The third kappa shape index (κ3) is 6.16. The Morgan fingerprint density at radius 3 is 2.23 bits per heavy atom. The van der Waals surface area contributed by atoms with Crippen LogP contribution in [0.4, 0.5) is 5.69 Å². The summed E-state index contributed by atoms with van der Waals surface area (Å²) in [6.07, 6.45) is 0. The number of anilines is 1. The van der Waals surface area contributed by atoms with Crippen LogP contribution >= 0.6 is 15.9 Å². The monoisotopic (exact) mass is 488 g/mol. The number of rotatable bonds is 8. The van der Waals surface area contributed by atoms with Crippen LogP contribution in [0.15, 0.2) is 88.2 Å². The van der Waals surface area contributed by atoms with E-state index in [0.717, 1.165) is 10.0 Å². The molecule has 156 valence electrons. The first kappa shape index (κ1) is 22.0. The van der Waals surface area contributed by atoms with Crippen molar-refractivity contribution in [2.75, 3.05) is 5.32 Å². The number of halogens is 1. The van der Waals surface area contributed by atoms with Gasteiger partial charge in [-0.15, -0.1) is 0 Å². The Morgan fingerprint density at radius 1 is 0.967 bits per heavy atom. The van der Waals surface area contributed by atoms with E-state index in [2.05, 4.69) is 26.0 Å². The summed E-state index contributed by atoms with van der Waals surface area (Å²) in [6, 6.07) is 21.9. The molecule has 0 aliphatic rings. The molecule has 0 radical (unpaired) electrons. The fraction of sp³-hybridized carbons (Fsp3) is 0.136. The zero-order valence-corrected chi connectivity index (χ0v) is 18.6. The van der Waals surface area contributed by atoms with Gasteiger partial charge in [0.05, 0.1) is 10.9 Å². The largest absolute Gasteiger partial charge is 0.489 e. The maximum Gasteiger partial charge on any atom is 0.242 e. The molecule has 3 aromatic rings. The molecule has 3 aromatic carbocycles. The molecule has 0 aromatic heterocycles. The van der Waals surface area contributed by atoms with Gasteiger partial charge in [0, 0.05) is 10.2 Å². The van der Waals surface area contributed by atoms with E-state index in [9.17, 15) is 13.2 Å². The maximum absolute atomic E-state index is 12.4. The Balaban J connectivity index is 1.55. The van der Waals surface area contributed by atoms with Crippen molar-refractivity contribution in [2.45, 2.75) is 24.5 Å². The fourth-order valence-corrected chi connectivity index (χ4v) is 4.06. The molecular weight excluding hydrogens is 468 g/mol. The predicted molar refractivity (Wildman–Crippen MR) is 120 cm³/mol. The normalized spacial score (nSPS) is 12.2. The number of sulfonamides is 1. The van der Waals surface area contributed by atoms with Crippen molar-refractivity contribution in [1.82, 2.24) is 4.72 Å². The van der Waals surface area contributed by atoms with E-state index in [1.807, 2.05) is 30.3 Å². The van der Waals surface area contributed by atoms with E-state index in [0.29, 0.717) is 18.0 Å². The minimum absolute atomic E-state index is 0.0882. The zero-order chi connectivity index (χ0) is 21.6. The Kier molecular flexibility index (Phi) is 7.25. The van der Waals surface area contributed by atoms with Crippen molar-refractivity contribution < 1.29 is 17.9 Å². The van der Waals surface area contributed by atoms with Gasteiger partial charge in [-0.3, -0.25) is 4.79 Å². The molecule has 0 bridgehead atoms. The van der Waals surface area contributed by atoms with E-state index < -0.39 is 22.0 Å². The van der Waals surface area contributed by atoms with Crippen LogP contribution in [-0.2, 0) is 21.4 Å². The lowest BCUT2D eigenvalue weighted by molar-refractivity contribution is -0.117. The molecule has 30 heavy (non-hydrogen) atoms. The maximum atomic E-state index is 12.4. The number of ether oxygens (including phenoxy) is 1. The highest BCUT2D eigenvalue weighted by Crippen LogP contribution is 2.18. The fourth-order valence-electron chi connectivity index (χ4n) is 2.59. The molecule has 0 saturated carbocycles. The van der Waals surface area contributed by atoms with Crippen molar-refractivity contribution in [3.63, 3.8) is 0 Å². The lowest BCUT2D eigenvalue weighted by Gasteiger charge is -2.15. The molecular formula is C22H21BrN2O4S. The lowest BCUT2D eigenvalue weighted by atomic mass is 10.2. The molecule has 3 rings (SSSR count). The van der Waals surface area contributed by atoms with E-state index in [1.165, 1.54) is 19.1 Å². The summed E-state index contributed by atoms with van der Waals surface area (Å²) in [5.41, 5.74) is 1.60. The lowest BCUT2D eigenvalue weighted by Crippen LogP contribution is -2.41. The first-order chi connectivity index (χ1) is 14.3. The highest BCUT2D eigenvalue weighted by Gasteiger charge is 2.22. The number of hydrogen-bond acceptors (Lipinski definition) is 4.